The van der Waals surface area contributed by atoms with Crippen molar-refractivity contribution in [2.45, 2.75) is 11.3 Å². The third-order valence-electron chi connectivity index (χ3n) is 3.14. The standard InChI is InChI=1S/C14H11BrClNO3S/c15-12-8-11(2-3-13(12)16)21(18,19)17-10-1-4-14-9(7-10)5-6-20-14/h1-4,7-8,17H,5-6H2. The number of ether oxygens (including phenoxy) is 1. The topological polar surface area (TPSA) is 55.4 Å². The molecule has 1 aliphatic rings. The molecule has 0 atom stereocenters. The molecule has 0 bridgehead atoms. The van der Waals surface area contributed by atoms with E-state index in [-0.39, 0.29) is 4.90 Å². The Morgan fingerprint density at radius 3 is 2.76 bits per heavy atom. The van der Waals surface area contributed by atoms with E-state index in [2.05, 4.69) is 20.7 Å². The minimum atomic E-state index is -3.65. The van der Waals surface area contributed by atoms with Crippen molar-refractivity contribution in [2.24, 2.45) is 0 Å². The molecule has 0 spiro atoms. The van der Waals surface area contributed by atoms with E-state index in [9.17, 15) is 8.42 Å². The lowest BCUT2D eigenvalue weighted by Gasteiger charge is -2.10. The number of benzene rings is 2. The minimum absolute atomic E-state index is 0.149. The summed E-state index contributed by atoms with van der Waals surface area (Å²) >= 11 is 9.10. The Balaban J connectivity index is 1.90. The third kappa shape index (κ3) is 3.02. The van der Waals surface area contributed by atoms with Crippen molar-refractivity contribution < 1.29 is 13.2 Å². The third-order valence-corrected chi connectivity index (χ3v) is 5.74. The fourth-order valence-electron chi connectivity index (χ4n) is 2.11. The van der Waals surface area contributed by atoms with Gasteiger partial charge in [-0.25, -0.2) is 8.42 Å². The van der Waals surface area contributed by atoms with Crippen LogP contribution in [0.1, 0.15) is 5.56 Å². The Morgan fingerprint density at radius 1 is 1.19 bits per heavy atom. The maximum atomic E-state index is 12.4. The Bertz CT molecular complexity index is 808. The maximum absolute atomic E-state index is 12.4. The van der Waals surface area contributed by atoms with Gasteiger partial charge >= 0.3 is 0 Å². The Labute approximate surface area is 136 Å². The van der Waals surface area contributed by atoms with Crippen LogP contribution in [0.2, 0.25) is 5.02 Å². The van der Waals surface area contributed by atoms with Crippen molar-refractivity contribution in [2.75, 3.05) is 11.3 Å². The van der Waals surface area contributed by atoms with Crippen molar-refractivity contribution >= 4 is 43.2 Å². The van der Waals surface area contributed by atoms with Crippen molar-refractivity contribution in [1.29, 1.82) is 0 Å². The molecule has 4 nitrogen and oxygen atoms in total. The summed E-state index contributed by atoms with van der Waals surface area (Å²) in [6.07, 6.45) is 0.789. The van der Waals surface area contributed by atoms with Gasteiger partial charge in [0.25, 0.3) is 10.0 Å². The highest BCUT2D eigenvalue weighted by atomic mass is 79.9. The molecule has 1 heterocycles. The molecule has 0 radical (unpaired) electrons. The van der Waals surface area contributed by atoms with Crippen LogP contribution >= 0.6 is 27.5 Å². The van der Waals surface area contributed by atoms with Crippen LogP contribution < -0.4 is 9.46 Å². The van der Waals surface area contributed by atoms with Crippen LogP contribution in [0.15, 0.2) is 45.8 Å². The number of fused-ring (bicyclic) bond motifs is 1. The van der Waals surface area contributed by atoms with Gasteiger partial charge in [0.2, 0.25) is 0 Å². The van der Waals surface area contributed by atoms with E-state index in [4.69, 9.17) is 16.3 Å². The van der Waals surface area contributed by atoms with Gasteiger partial charge in [-0.15, -0.1) is 0 Å². The maximum Gasteiger partial charge on any atom is 0.261 e. The van der Waals surface area contributed by atoms with Gasteiger partial charge in [-0.2, -0.15) is 0 Å². The average Bonchev–Trinajstić information content (AvgIpc) is 2.88. The van der Waals surface area contributed by atoms with Crippen LogP contribution in [0, 0.1) is 0 Å². The number of anilines is 1. The summed E-state index contributed by atoms with van der Waals surface area (Å²) in [5, 5.41) is 0.462. The van der Waals surface area contributed by atoms with Gasteiger partial charge < -0.3 is 4.74 Å². The molecule has 0 fully saturated rings. The zero-order chi connectivity index (χ0) is 15.0. The van der Waals surface area contributed by atoms with E-state index in [1.54, 1.807) is 18.2 Å². The first kappa shape index (κ1) is 14.7. The fourth-order valence-corrected chi connectivity index (χ4v) is 3.83. The van der Waals surface area contributed by atoms with E-state index >= 15 is 0 Å². The van der Waals surface area contributed by atoms with Gasteiger partial charge in [0.15, 0.2) is 0 Å². The molecule has 0 aromatic heterocycles. The van der Waals surface area contributed by atoms with Crippen molar-refractivity contribution in [3.8, 4) is 5.75 Å². The Kier molecular flexibility index (Phi) is 3.86. The number of hydrogen-bond donors (Lipinski definition) is 1. The molecule has 7 heteroatoms. The SMILES string of the molecule is O=S(=O)(Nc1ccc2c(c1)CCO2)c1ccc(Cl)c(Br)c1. The van der Waals surface area contributed by atoms with Gasteiger partial charge in [-0.05, 0) is 57.9 Å². The summed E-state index contributed by atoms with van der Waals surface area (Å²) in [7, 11) is -3.65. The van der Waals surface area contributed by atoms with Gasteiger partial charge in [0.05, 0.1) is 16.5 Å². The molecular formula is C14H11BrClNO3S. The molecule has 2 aromatic rings. The number of halogens is 2. The summed E-state index contributed by atoms with van der Waals surface area (Å²) in [6, 6.07) is 9.74. The number of rotatable bonds is 3. The number of sulfonamides is 1. The molecule has 0 saturated carbocycles. The quantitative estimate of drug-likeness (QED) is 0.869. The molecule has 0 aliphatic carbocycles. The summed E-state index contributed by atoms with van der Waals surface area (Å²) in [5.74, 6) is 0.812. The predicted octanol–water partition coefficient (Wildman–Crippen LogP) is 3.84. The second-order valence-electron chi connectivity index (χ2n) is 4.60. The molecular weight excluding hydrogens is 378 g/mol. The van der Waals surface area contributed by atoms with E-state index in [0.717, 1.165) is 17.7 Å². The fraction of sp³-hybridized carbons (Fsp3) is 0.143. The molecule has 110 valence electrons. The monoisotopic (exact) mass is 387 g/mol. The first-order valence-electron chi connectivity index (χ1n) is 6.19. The van der Waals surface area contributed by atoms with Crippen LogP contribution in [0.4, 0.5) is 5.69 Å². The van der Waals surface area contributed by atoms with Crippen LogP contribution in [-0.4, -0.2) is 15.0 Å². The lowest BCUT2D eigenvalue weighted by Crippen LogP contribution is -2.13. The lowest BCUT2D eigenvalue weighted by molar-refractivity contribution is 0.357. The van der Waals surface area contributed by atoms with Crippen LogP contribution in [0.5, 0.6) is 5.75 Å². The first-order valence-corrected chi connectivity index (χ1v) is 8.85. The lowest BCUT2D eigenvalue weighted by atomic mass is 10.1. The molecule has 21 heavy (non-hydrogen) atoms. The second kappa shape index (κ2) is 5.51. The normalized spacial score (nSPS) is 13.6. The second-order valence-corrected chi connectivity index (χ2v) is 7.55. The highest BCUT2D eigenvalue weighted by Crippen LogP contribution is 2.30. The molecule has 1 aliphatic heterocycles. The average molecular weight is 389 g/mol. The Morgan fingerprint density at radius 2 is 2.00 bits per heavy atom. The number of nitrogens with one attached hydrogen (secondary N) is 1. The molecule has 2 aromatic carbocycles. The predicted molar refractivity (Wildman–Crippen MR) is 85.6 cm³/mol. The van der Waals surface area contributed by atoms with E-state index < -0.39 is 10.0 Å². The van der Waals surface area contributed by atoms with E-state index in [1.165, 1.54) is 18.2 Å². The Hall–Kier alpha value is -1.24. The molecule has 0 saturated heterocycles. The van der Waals surface area contributed by atoms with Gasteiger partial charge in [0.1, 0.15) is 5.75 Å². The molecule has 0 amide bonds. The van der Waals surface area contributed by atoms with Crippen LogP contribution in [-0.2, 0) is 16.4 Å². The zero-order valence-electron chi connectivity index (χ0n) is 10.8. The minimum Gasteiger partial charge on any atom is -0.493 e. The van der Waals surface area contributed by atoms with Crippen molar-refractivity contribution in [1.82, 2.24) is 0 Å². The summed E-state index contributed by atoms with van der Waals surface area (Å²) in [4.78, 5) is 0.149. The summed E-state index contributed by atoms with van der Waals surface area (Å²) in [6.45, 7) is 0.635. The van der Waals surface area contributed by atoms with Crippen molar-refractivity contribution in [3.63, 3.8) is 0 Å². The van der Waals surface area contributed by atoms with Crippen molar-refractivity contribution in [3.05, 3.63) is 51.5 Å². The highest BCUT2D eigenvalue weighted by molar-refractivity contribution is 9.10. The smallest absolute Gasteiger partial charge is 0.261 e. The summed E-state index contributed by atoms with van der Waals surface area (Å²) < 4.78 is 33.2. The first-order chi connectivity index (χ1) is 9.95. The van der Waals surface area contributed by atoms with Gasteiger partial charge in [-0.3, -0.25) is 4.72 Å². The van der Waals surface area contributed by atoms with E-state index in [0.29, 0.717) is 21.8 Å². The largest absolute Gasteiger partial charge is 0.493 e. The zero-order valence-corrected chi connectivity index (χ0v) is 13.9. The van der Waals surface area contributed by atoms with Crippen LogP contribution in [0.3, 0.4) is 0 Å². The molecule has 3 rings (SSSR count). The highest BCUT2D eigenvalue weighted by Gasteiger charge is 2.18. The van der Waals surface area contributed by atoms with Gasteiger partial charge in [0, 0.05) is 16.6 Å². The van der Waals surface area contributed by atoms with Gasteiger partial charge in [-0.1, -0.05) is 11.6 Å². The molecule has 1 N–H and O–H groups in total. The summed E-state index contributed by atoms with van der Waals surface area (Å²) in [5.41, 5.74) is 1.53. The van der Waals surface area contributed by atoms with Crippen LogP contribution in [0.25, 0.3) is 0 Å². The van der Waals surface area contributed by atoms with E-state index in [1.807, 2.05) is 0 Å². The number of hydrogen-bond acceptors (Lipinski definition) is 3. The molecule has 0 unspecified atom stereocenters.